The molecule has 0 fully saturated rings. The first-order chi connectivity index (χ1) is 5.77. The fraction of sp³-hybridized carbons (Fsp3) is 0. The van der Waals surface area contributed by atoms with Crippen molar-refractivity contribution in [2.75, 3.05) is 0 Å². The topological polar surface area (TPSA) is 12.9 Å². The Morgan fingerprint density at radius 1 is 0.933 bits per heavy atom. The Bertz CT molecular complexity index is 437. The molecule has 1 heterocycles. The van der Waals surface area contributed by atoms with E-state index in [-0.39, 0.29) is 50.9 Å². The molecule has 0 spiro atoms. The van der Waals surface area contributed by atoms with E-state index in [1.165, 1.54) is 0 Å². The Labute approximate surface area is 129 Å². The summed E-state index contributed by atoms with van der Waals surface area (Å²) in [5.74, 6) is 0. The molecule has 0 N–H and O–H groups in total. The number of halogens is 5. The highest BCUT2D eigenvalue weighted by atomic mass is 79.9. The molecule has 15 heavy (non-hydrogen) atoms. The monoisotopic (exact) mass is 437 g/mol. The Balaban J connectivity index is 0. The summed E-state index contributed by atoms with van der Waals surface area (Å²) in [4.78, 5) is 4.13. The molecule has 1 nitrogen and oxygen atoms in total. The standard InChI is InChI=1S/C9H5Cl2N.3BrH/c10-6-1-2-7-8(11)3-4-12-9(7)5-6;;;/h1-5H;3*1H. The van der Waals surface area contributed by atoms with Gasteiger partial charge in [-0.2, -0.15) is 0 Å². The molecule has 1 aromatic heterocycles. The maximum Gasteiger partial charge on any atom is 0.0731 e. The molecular formula is C9H8Br3Cl2N. The fourth-order valence-corrected chi connectivity index (χ4v) is 1.47. The number of hydrogen-bond acceptors (Lipinski definition) is 1. The molecule has 1 aromatic carbocycles. The number of benzene rings is 1. The van der Waals surface area contributed by atoms with Crippen LogP contribution >= 0.6 is 74.1 Å². The number of fused-ring (bicyclic) bond motifs is 1. The van der Waals surface area contributed by atoms with Crippen molar-refractivity contribution in [2.24, 2.45) is 0 Å². The van der Waals surface area contributed by atoms with Crippen molar-refractivity contribution in [3.63, 3.8) is 0 Å². The van der Waals surface area contributed by atoms with Crippen LogP contribution in [0.3, 0.4) is 0 Å². The minimum absolute atomic E-state index is 0. The van der Waals surface area contributed by atoms with Crippen molar-refractivity contribution >= 4 is 85.0 Å². The van der Waals surface area contributed by atoms with E-state index in [1.54, 1.807) is 24.4 Å². The molecule has 0 aliphatic heterocycles. The zero-order valence-electron chi connectivity index (χ0n) is 7.31. The van der Waals surface area contributed by atoms with E-state index in [2.05, 4.69) is 4.98 Å². The summed E-state index contributed by atoms with van der Waals surface area (Å²) < 4.78 is 0. The number of rotatable bonds is 0. The minimum Gasteiger partial charge on any atom is -0.256 e. The van der Waals surface area contributed by atoms with Gasteiger partial charge in [-0.05, 0) is 24.3 Å². The summed E-state index contributed by atoms with van der Waals surface area (Å²) in [5, 5.41) is 2.32. The van der Waals surface area contributed by atoms with E-state index >= 15 is 0 Å². The van der Waals surface area contributed by atoms with Crippen LogP contribution in [0.5, 0.6) is 0 Å². The lowest BCUT2D eigenvalue weighted by atomic mass is 10.2. The Hall–Kier alpha value is 0.650. The smallest absolute Gasteiger partial charge is 0.0731 e. The van der Waals surface area contributed by atoms with E-state index in [4.69, 9.17) is 23.2 Å². The predicted octanol–water partition coefficient (Wildman–Crippen LogP) is 5.28. The van der Waals surface area contributed by atoms with Gasteiger partial charge in [0.15, 0.2) is 0 Å². The minimum atomic E-state index is 0. The van der Waals surface area contributed by atoms with Gasteiger partial charge in [0.1, 0.15) is 0 Å². The molecule has 0 amide bonds. The number of hydrogen-bond donors (Lipinski definition) is 0. The molecule has 0 bridgehead atoms. The molecule has 0 aliphatic rings. The summed E-state index contributed by atoms with van der Waals surface area (Å²) in [5.41, 5.74) is 0.829. The van der Waals surface area contributed by atoms with Crippen LogP contribution in [0.4, 0.5) is 0 Å². The quantitative estimate of drug-likeness (QED) is 0.543. The van der Waals surface area contributed by atoms with Gasteiger partial charge in [-0.25, -0.2) is 0 Å². The van der Waals surface area contributed by atoms with Crippen molar-refractivity contribution < 1.29 is 0 Å². The molecule has 0 saturated carbocycles. The van der Waals surface area contributed by atoms with Crippen LogP contribution in [0.2, 0.25) is 10.0 Å². The first-order valence-electron chi connectivity index (χ1n) is 3.47. The van der Waals surface area contributed by atoms with Gasteiger partial charge in [0.25, 0.3) is 0 Å². The third kappa shape index (κ3) is 4.19. The average Bonchev–Trinajstić information content (AvgIpc) is 2.04. The molecule has 0 saturated heterocycles. The second kappa shape index (κ2) is 7.85. The highest BCUT2D eigenvalue weighted by molar-refractivity contribution is 8.93. The van der Waals surface area contributed by atoms with Crippen LogP contribution in [0.1, 0.15) is 0 Å². The summed E-state index contributed by atoms with van der Waals surface area (Å²) in [6, 6.07) is 7.23. The van der Waals surface area contributed by atoms with Crippen LogP contribution in [-0.2, 0) is 0 Å². The normalized spacial score (nSPS) is 8.40. The Kier molecular flexibility index (Phi) is 9.43. The van der Waals surface area contributed by atoms with Crippen LogP contribution < -0.4 is 0 Å². The van der Waals surface area contributed by atoms with E-state index in [1.807, 2.05) is 6.07 Å². The SMILES string of the molecule is Br.Br.Br.Clc1ccc2c(Cl)ccnc2c1. The van der Waals surface area contributed by atoms with Gasteiger partial charge in [-0.15, -0.1) is 50.9 Å². The fourth-order valence-electron chi connectivity index (χ4n) is 1.09. The Morgan fingerprint density at radius 3 is 2.27 bits per heavy atom. The van der Waals surface area contributed by atoms with E-state index in [0.717, 1.165) is 10.9 Å². The zero-order chi connectivity index (χ0) is 8.55. The largest absolute Gasteiger partial charge is 0.256 e. The van der Waals surface area contributed by atoms with Crippen molar-refractivity contribution in [1.29, 1.82) is 0 Å². The van der Waals surface area contributed by atoms with Crippen molar-refractivity contribution in [3.8, 4) is 0 Å². The number of aromatic nitrogens is 1. The summed E-state index contributed by atoms with van der Waals surface area (Å²) in [6.07, 6.45) is 1.67. The molecule has 0 radical (unpaired) electrons. The Morgan fingerprint density at radius 2 is 1.60 bits per heavy atom. The summed E-state index contributed by atoms with van der Waals surface area (Å²) in [7, 11) is 0. The molecule has 0 atom stereocenters. The lowest BCUT2D eigenvalue weighted by Gasteiger charge is -1.98. The highest BCUT2D eigenvalue weighted by Crippen LogP contribution is 2.23. The van der Waals surface area contributed by atoms with Gasteiger partial charge in [-0.1, -0.05) is 23.2 Å². The van der Waals surface area contributed by atoms with Gasteiger partial charge in [0.2, 0.25) is 0 Å². The van der Waals surface area contributed by atoms with E-state index in [0.29, 0.717) is 10.0 Å². The van der Waals surface area contributed by atoms with E-state index in [9.17, 15) is 0 Å². The molecule has 2 aromatic rings. The van der Waals surface area contributed by atoms with Crippen molar-refractivity contribution in [3.05, 3.63) is 40.5 Å². The van der Waals surface area contributed by atoms with Gasteiger partial charge in [0, 0.05) is 16.6 Å². The molecule has 6 heteroatoms. The van der Waals surface area contributed by atoms with Gasteiger partial charge >= 0.3 is 0 Å². The van der Waals surface area contributed by atoms with E-state index < -0.39 is 0 Å². The van der Waals surface area contributed by atoms with Crippen molar-refractivity contribution in [1.82, 2.24) is 4.98 Å². The van der Waals surface area contributed by atoms with Crippen LogP contribution in [-0.4, -0.2) is 4.98 Å². The average molecular weight is 441 g/mol. The first-order valence-corrected chi connectivity index (χ1v) is 4.23. The van der Waals surface area contributed by atoms with Gasteiger partial charge < -0.3 is 0 Å². The van der Waals surface area contributed by atoms with Gasteiger partial charge in [0.05, 0.1) is 10.5 Å². The number of nitrogens with zero attached hydrogens (tertiary/aromatic N) is 1. The highest BCUT2D eigenvalue weighted by Gasteiger charge is 1.98. The lowest BCUT2D eigenvalue weighted by Crippen LogP contribution is -1.78. The lowest BCUT2D eigenvalue weighted by molar-refractivity contribution is 1.41. The molecule has 84 valence electrons. The van der Waals surface area contributed by atoms with Crippen LogP contribution in [0.25, 0.3) is 10.9 Å². The third-order valence-corrected chi connectivity index (χ3v) is 2.22. The second-order valence-electron chi connectivity index (χ2n) is 2.45. The first kappa shape index (κ1) is 18.0. The van der Waals surface area contributed by atoms with Crippen LogP contribution in [0.15, 0.2) is 30.5 Å². The van der Waals surface area contributed by atoms with Gasteiger partial charge in [-0.3, -0.25) is 4.98 Å². The summed E-state index contributed by atoms with van der Waals surface area (Å²) in [6.45, 7) is 0. The predicted molar refractivity (Wildman–Crippen MR) is 82.7 cm³/mol. The third-order valence-electron chi connectivity index (χ3n) is 1.65. The number of pyridine rings is 1. The molecule has 0 unspecified atom stereocenters. The maximum absolute atomic E-state index is 5.93. The maximum atomic E-state index is 5.93. The van der Waals surface area contributed by atoms with Crippen LogP contribution in [0, 0.1) is 0 Å². The zero-order valence-corrected chi connectivity index (χ0v) is 14.0. The molecular weight excluding hydrogens is 433 g/mol. The van der Waals surface area contributed by atoms with Crippen molar-refractivity contribution in [2.45, 2.75) is 0 Å². The summed E-state index contributed by atoms with van der Waals surface area (Å²) >= 11 is 11.7. The molecule has 2 rings (SSSR count). The second-order valence-corrected chi connectivity index (χ2v) is 3.30. The molecule has 0 aliphatic carbocycles.